The lowest BCUT2D eigenvalue weighted by atomic mass is 10.0. The summed E-state index contributed by atoms with van der Waals surface area (Å²) in [5, 5.41) is 3.42. The van der Waals surface area contributed by atoms with Gasteiger partial charge in [-0.2, -0.15) is 0 Å². The quantitative estimate of drug-likeness (QED) is 0.877. The molecule has 2 heterocycles. The Morgan fingerprint density at radius 3 is 3.06 bits per heavy atom. The monoisotopic (exact) mass is 241 g/mol. The van der Waals surface area contributed by atoms with Crippen LogP contribution in [0.25, 0.3) is 11.3 Å². The maximum Gasteiger partial charge on any atom is 0.220 e. The number of hydrogen-bond donors (Lipinski definition) is 1. The number of aromatic nitrogens is 2. The highest BCUT2D eigenvalue weighted by Crippen LogP contribution is 2.34. The summed E-state index contributed by atoms with van der Waals surface area (Å²) in [6.45, 7) is 3.47. The first-order valence-electron chi connectivity index (χ1n) is 6.20. The summed E-state index contributed by atoms with van der Waals surface area (Å²) in [5.41, 5.74) is 4.32. The molecule has 1 aromatic heterocycles. The van der Waals surface area contributed by atoms with Crippen molar-refractivity contribution in [2.75, 3.05) is 18.5 Å². The standard InChI is InChI=1S/C14H15N3O/c1-2-18-14-11-7-8-15-12-6-4-3-5-10(12)13(11)16-9-17-14/h3-6,9,15H,2,7-8H2,1H3. The van der Waals surface area contributed by atoms with E-state index in [-0.39, 0.29) is 0 Å². The molecule has 0 amide bonds. The molecule has 0 spiro atoms. The first-order chi connectivity index (χ1) is 8.90. The predicted octanol–water partition coefficient (Wildman–Crippen LogP) is 2.51. The highest BCUT2D eigenvalue weighted by atomic mass is 16.5. The molecular formula is C14H15N3O. The Kier molecular flexibility index (Phi) is 2.84. The van der Waals surface area contributed by atoms with Crippen LogP contribution in [-0.2, 0) is 6.42 Å². The Labute approximate surface area is 106 Å². The first kappa shape index (κ1) is 11.0. The van der Waals surface area contributed by atoms with E-state index in [1.54, 1.807) is 6.33 Å². The van der Waals surface area contributed by atoms with Crippen molar-refractivity contribution in [3.8, 4) is 17.1 Å². The smallest absolute Gasteiger partial charge is 0.220 e. The lowest BCUT2D eigenvalue weighted by Gasteiger charge is -2.10. The number of rotatable bonds is 2. The zero-order valence-electron chi connectivity index (χ0n) is 10.3. The van der Waals surface area contributed by atoms with Gasteiger partial charge in [0, 0.05) is 23.4 Å². The van der Waals surface area contributed by atoms with Gasteiger partial charge in [-0.05, 0) is 19.4 Å². The zero-order valence-corrected chi connectivity index (χ0v) is 10.3. The van der Waals surface area contributed by atoms with E-state index in [1.165, 1.54) is 0 Å². The van der Waals surface area contributed by atoms with Gasteiger partial charge in [0.15, 0.2) is 0 Å². The lowest BCUT2D eigenvalue weighted by Crippen LogP contribution is -2.05. The summed E-state index contributed by atoms with van der Waals surface area (Å²) in [5.74, 6) is 0.709. The van der Waals surface area contributed by atoms with Gasteiger partial charge in [-0.1, -0.05) is 18.2 Å². The number of fused-ring (bicyclic) bond motifs is 3. The van der Waals surface area contributed by atoms with Gasteiger partial charge in [-0.25, -0.2) is 9.97 Å². The van der Waals surface area contributed by atoms with Crippen LogP contribution in [0.4, 0.5) is 5.69 Å². The molecule has 0 bridgehead atoms. The Bertz CT molecular complexity index is 569. The number of ether oxygens (including phenoxy) is 1. The van der Waals surface area contributed by atoms with Crippen LogP contribution in [0.15, 0.2) is 30.6 Å². The molecule has 0 atom stereocenters. The number of anilines is 1. The van der Waals surface area contributed by atoms with Gasteiger partial charge in [-0.3, -0.25) is 0 Å². The summed E-state index contributed by atoms with van der Waals surface area (Å²) in [6.07, 6.45) is 2.45. The number of hydrogen-bond acceptors (Lipinski definition) is 4. The minimum Gasteiger partial charge on any atom is -0.478 e. The summed E-state index contributed by atoms with van der Waals surface area (Å²) in [4.78, 5) is 8.67. The molecule has 0 saturated heterocycles. The van der Waals surface area contributed by atoms with Crippen molar-refractivity contribution >= 4 is 5.69 Å². The van der Waals surface area contributed by atoms with Crippen LogP contribution in [0.1, 0.15) is 12.5 Å². The molecule has 92 valence electrons. The van der Waals surface area contributed by atoms with Crippen molar-refractivity contribution in [1.29, 1.82) is 0 Å². The molecule has 0 radical (unpaired) electrons. The van der Waals surface area contributed by atoms with Crippen molar-refractivity contribution in [1.82, 2.24) is 9.97 Å². The van der Waals surface area contributed by atoms with Crippen molar-refractivity contribution in [3.05, 3.63) is 36.2 Å². The average molecular weight is 241 g/mol. The molecule has 0 saturated carbocycles. The third-order valence-electron chi connectivity index (χ3n) is 3.06. The molecule has 3 rings (SSSR count). The van der Waals surface area contributed by atoms with E-state index in [1.807, 2.05) is 19.1 Å². The third kappa shape index (κ3) is 1.79. The summed E-state index contributed by atoms with van der Waals surface area (Å²) in [6, 6.07) is 8.21. The van der Waals surface area contributed by atoms with Crippen LogP contribution in [0.2, 0.25) is 0 Å². The van der Waals surface area contributed by atoms with E-state index in [4.69, 9.17) is 4.74 Å². The van der Waals surface area contributed by atoms with Crippen LogP contribution in [-0.4, -0.2) is 23.1 Å². The summed E-state index contributed by atoms with van der Waals surface area (Å²) < 4.78 is 5.60. The Morgan fingerprint density at radius 2 is 2.17 bits per heavy atom. The maximum atomic E-state index is 5.60. The molecule has 18 heavy (non-hydrogen) atoms. The molecule has 1 aliphatic rings. The fourth-order valence-electron chi connectivity index (χ4n) is 2.28. The van der Waals surface area contributed by atoms with Gasteiger partial charge in [0.25, 0.3) is 0 Å². The SMILES string of the molecule is CCOc1ncnc2c1CCNc1ccccc1-2. The molecule has 4 heteroatoms. The summed E-state index contributed by atoms with van der Waals surface area (Å²) in [7, 11) is 0. The molecule has 0 fully saturated rings. The Hall–Kier alpha value is -2.10. The molecule has 0 aliphatic carbocycles. The maximum absolute atomic E-state index is 5.60. The van der Waals surface area contributed by atoms with Crippen molar-refractivity contribution in [3.63, 3.8) is 0 Å². The number of benzene rings is 1. The molecule has 1 aromatic carbocycles. The molecule has 1 aliphatic heterocycles. The van der Waals surface area contributed by atoms with Crippen LogP contribution in [0, 0.1) is 0 Å². The predicted molar refractivity (Wildman–Crippen MR) is 70.8 cm³/mol. The van der Waals surface area contributed by atoms with Crippen LogP contribution in [0.3, 0.4) is 0 Å². The number of nitrogens with one attached hydrogen (secondary N) is 1. The highest BCUT2D eigenvalue weighted by molar-refractivity contribution is 5.79. The van der Waals surface area contributed by atoms with E-state index in [0.29, 0.717) is 12.5 Å². The molecule has 2 aromatic rings. The van der Waals surface area contributed by atoms with Crippen molar-refractivity contribution in [2.24, 2.45) is 0 Å². The van der Waals surface area contributed by atoms with E-state index < -0.39 is 0 Å². The van der Waals surface area contributed by atoms with Gasteiger partial charge < -0.3 is 10.1 Å². The van der Waals surface area contributed by atoms with Gasteiger partial charge in [0.2, 0.25) is 5.88 Å². The van der Waals surface area contributed by atoms with Crippen LogP contribution >= 0.6 is 0 Å². The normalized spacial score (nSPS) is 12.9. The van der Waals surface area contributed by atoms with Gasteiger partial charge in [0.05, 0.1) is 12.3 Å². The van der Waals surface area contributed by atoms with Gasteiger partial charge >= 0.3 is 0 Å². The highest BCUT2D eigenvalue weighted by Gasteiger charge is 2.19. The topological polar surface area (TPSA) is 47.0 Å². The fraction of sp³-hybridized carbons (Fsp3) is 0.286. The Morgan fingerprint density at radius 1 is 1.28 bits per heavy atom. The first-order valence-corrected chi connectivity index (χ1v) is 6.20. The molecular weight excluding hydrogens is 226 g/mol. The molecule has 4 nitrogen and oxygen atoms in total. The largest absolute Gasteiger partial charge is 0.478 e. The molecule has 0 unspecified atom stereocenters. The Balaban J connectivity index is 2.18. The van der Waals surface area contributed by atoms with E-state index in [9.17, 15) is 0 Å². The average Bonchev–Trinajstić information content (AvgIpc) is 2.59. The summed E-state index contributed by atoms with van der Waals surface area (Å²) >= 11 is 0. The second-order valence-corrected chi connectivity index (χ2v) is 4.16. The lowest BCUT2D eigenvalue weighted by molar-refractivity contribution is 0.322. The van der Waals surface area contributed by atoms with Crippen molar-refractivity contribution < 1.29 is 4.74 Å². The number of para-hydroxylation sites is 1. The van der Waals surface area contributed by atoms with E-state index in [0.717, 1.165) is 35.5 Å². The minimum atomic E-state index is 0.624. The van der Waals surface area contributed by atoms with E-state index in [2.05, 4.69) is 27.4 Å². The van der Waals surface area contributed by atoms with E-state index >= 15 is 0 Å². The minimum absolute atomic E-state index is 0.624. The second-order valence-electron chi connectivity index (χ2n) is 4.16. The number of nitrogens with zero attached hydrogens (tertiary/aromatic N) is 2. The van der Waals surface area contributed by atoms with Crippen molar-refractivity contribution in [2.45, 2.75) is 13.3 Å². The van der Waals surface area contributed by atoms with Crippen LogP contribution < -0.4 is 10.1 Å². The van der Waals surface area contributed by atoms with Gasteiger partial charge in [0.1, 0.15) is 6.33 Å². The fourth-order valence-corrected chi connectivity index (χ4v) is 2.28. The van der Waals surface area contributed by atoms with Gasteiger partial charge in [-0.15, -0.1) is 0 Å². The second kappa shape index (κ2) is 4.64. The van der Waals surface area contributed by atoms with Crippen LogP contribution in [0.5, 0.6) is 5.88 Å². The third-order valence-corrected chi connectivity index (χ3v) is 3.06. The zero-order chi connectivity index (χ0) is 12.4. The molecule has 1 N–H and O–H groups in total.